The lowest BCUT2D eigenvalue weighted by Gasteiger charge is -2.31. The van der Waals surface area contributed by atoms with Crippen LogP contribution in [-0.2, 0) is 6.54 Å². The molecule has 0 spiro atoms. The largest absolute Gasteiger partial charge is 0.333 e. The second kappa shape index (κ2) is 6.06. The number of rotatable bonds is 3. The number of carbonyl (C=O) groups is 1. The van der Waals surface area contributed by atoms with Crippen molar-refractivity contribution >= 4 is 11.7 Å². The van der Waals surface area contributed by atoms with Gasteiger partial charge in [-0.1, -0.05) is 12.1 Å². The molecule has 0 aliphatic rings. The standard InChI is InChI=1S/C15H25N3O/c1-11(2)18(14(19)17-15(3,4)5)13-8-6-12(10-16)7-9-13/h6-9,11H,10,16H2,1-5H3,(H,17,19). The summed E-state index contributed by atoms with van der Waals surface area (Å²) in [5, 5.41) is 2.99. The van der Waals surface area contributed by atoms with Crippen molar-refractivity contribution in [2.24, 2.45) is 5.73 Å². The van der Waals surface area contributed by atoms with Gasteiger partial charge in [-0.2, -0.15) is 0 Å². The highest BCUT2D eigenvalue weighted by molar-refractivity contribution is 5.92. The SMILES string of the molecule is CC(C)N(C(=O)NC(C)(C)C)c1ccc(CN)cc1. The number of nitrogens with two attached hydrogens (primary N) is 1. The first-order chi connectivity index (χ1) is 8.74. The van der Waals surface area contributed by atoms with Crippen LogP contribution in [0.25, 0.3) is 0 Å². The van der Waals surface area contributed by atoms with Crippen molar-refractivity contribution in [1.29, 1.82) is 0 Å². The number of anilines is 1. The van der Waals surface area contributed by atoms with Crippen LogP contribution in [0.1, 0.15) is 40.2 Å². The van der Waals surface area contributed by atoms with Gasteiger partial charge in [0.25, 0.3) is 0 Å². The molecule has 4 heteroatoms. The molecule has 0 radical (unpaired) electrons. The maximum Gasteiger partial charge on any atom is 0.322 e. The van der Waals surface area contributed by atoms with Gasteiger partial charge in [0.05, 0.1) is 0 Å². The minimum Gasteiger partial charge on any atom is -0.333 e. The Kier molecular flexibility index (Phi) is 4.95. The van der Waals surface area contributed by atoms with E-state index in [1.165, 1.54) is 0 Å². The highest BCUT2D eigenvalue weighted by atomic mass is 16.2. The van der Waals surface area contributed by atoms with Crippen molar-refractivity contribution < 1.29 is 4.79 Å². The van der Waals surface area contributed by atoms with Gasteiger partial charge in [0.2, 0.25) is 0 Å². The van der Waals surface area contributed by atoms with E-state index in [4.69, 9.17) is 5.73 Å². The van der Waals surface area contributed by atoms with Crippen LogP contribution in [0, 0.1) is 0 Å². The van der Waals surface area contributed by atoms with Crippen molar-refractivity contribution in [3.8, 4) is 0 Å². The minimum absolute atomic E-state index is 0.0806. The van der Waals surface area contributed by atoms with Crippen LogP contribution in [0.2, 0.25) is 0 Å². The highest BCUT2D eigenvalue weighted by Crippen LogP contribution is 2.19. The lowest BCUT2D eigenvalue weighted by Crippen LogP contribution is -2.51. The molecule has 2 amide bonds. The number of carbonyl (C=O) groups excluding carboxylic acids is 1. The smallest absolute Gasteiger partial charge is 0.322 e. The molecule has 0 atom stereocenters. The Bertz CT molecular complexity index is 418. The molecular formula is C15H25N3O. The number of hydrogen-bond donors (Lipinski definition) is 2. The van der Waals surface area contributed by atoms with E-state index >= 15 is 0 Å². The molecule has 1 rings (SSSR count). The zero-order valence-corrected chi connectivity index (χ0v) is 12.5. The fourth-order valence-electron chi connectivity index (χ4n) is 1.82. The quantitative estimate of drug-likeness (QED) is 0.881. The number of nitrogens with one attached hydrogen (secondary N) is 1. The Morgan fingerprint density at radius 3 is 2.16 bits per heavy atom. The summed E-state index contributed by atoms with van der Waals surface area (Å²) < 4.78 is 0. The van der Waals surface area contributed by atoms with Crippen LogP contribution >= 0.6 is 0 Å². The average Bonchev–Trinajstić information content (AvgIpc) is 2.27. The van der Waals surface area contributed by atoms with E-state index in [0.717, 1.165) is 11.3 Å². The first-order valence-electron chi connectivity index (χ1n) is 6.65. The second-order valence-corrected chi connectivity index (χ2v) is 6.01. The lowest BCUT2D eigenvalue weighted by molar-refractivity contribution is 0.236. The summed E-state index contributed by atoms with van der Waals surface area (Å²) in [6, 6.07) is 7.79. The third-order valence-corrected chi connectivity index (χ3v) is 2.67. The number of nitrogens with zero attached hydrogens (tertiary/aromatic N) is 1. The van der Waals surface area contributed by atoms with Gasteiger partial charge in [0.15, 0.2) is 0 Å². The summed E-state index contributed by atoms with van der Waals surface area (Å²) in [7, 11) is 0. The Labute approximate surface area is 116 Å². The molecular weight excluding hydrogens is 238 g/mol. The van der Waals surface area contributed by atoms with Gasteiger partial charge in [-0.3, -0.25) is 4.90 Å². The van der Waals surface area contributed by atoms with Crippen LogP contribution in [0.15, 0.2) is 24.3 Å². The van der Waals surface area contributed by atoms with Gasteiger partial charge >= 0.3 is 6.03 Å². The molecule has 0 fully saturated rings. The molecule has 0 saturated heterocycles. The van der Waals surface area contributed by atoms with E-state index in [-0.39, 0.29) is 17.6 Å². The Morgan fingerprint density at radius 1 is 1.26 bits per heavy atom. The first kappa shape index (κ1) is 15.5. The zero-order valence-electron chi connectivity index (χ0n) is 12.5. The molecule has 3 N–H and O–H groups in total. The van der Waals surface area contributed by atoms with E-state index < -0.39 is 0 Å². The Balaban J connectivity index is 2.96. The Morgan fingerprint density at radius 2 is 1.79 bits per heavy atom. The summed E-state index contributed by atoms with van der Waals surface area (Å²) >= 11 is 0. The topological polar surface area (TPSA) is 58.4 Å². The summed E-state index contributed by atoms with van der Waals surface area (Å²) in [6.07, 6.45) is 0. The summed E-state index contributed by atoms with van der Waals surface area (Å²) in [4.78, 5) is 14.1. The minimum atomic E-state index is -0.249. The zero-order chi connectivity index (χ0) is 14.6. The van der Waals surface area contributed by atoms with Crippen molar-refractivity contribution in [3.05, 3.63) is 29.8 Å². The second-order valence-electron chi connectivity index (χ2n) is 6.01. The van der Waals surface area contributed by atoms with Gasteiger partial charge in [-0.25, -0.2) is 4.79 Å². The highest BCUT2D eigenvalue weighted by Gasteiger charge is 2.23. The molecule has 0 saturated carbocycles. The van der Waals surface area contributed by atoms with E-state index in [2.05, 4.69) is 5.32 Å². The van der Waals surface area contributed by atoms with E-state index in [0.29, 0.717) is 6.54 Å². The van der Waals surface area contributed by atoms with Gasteiger partial charge in [0.1, 0.15) is 0 Å². The molecule has 0 aliphatic heterocycles. The molecule has 0 bridgehead atoms. The predicted molar refractivity (Wildman–Crippen MR) is 80.2 cm³/mol. The van der Waals surface area contributed by atoms with E-state index in [1.807, 2.05) is 58.9 Å². The van der Waals surface area contributed by atoms with Crippen LogP contribution in [-0.4, -0.2) is 17.6 Å². The van der Waals surface area contributed by atoms with E-state index in [1.54, 1.807) is 4.90 Å². The fraction of sp³-hybridized carbons (Fsp3) is 0.533. The molecule has 0 aliphatic carbocycles. The Hall–Kier alpha value is -1.55. The number of hydrogen-bond acceptors (Lipinski definition) is 2. The molecule has 4 nitrogen and oxygen atoms in total. The van der Waals surface area contributed by atoms with Crippen molar-refractivity contribution in [1.82, 2.24) is 5.32 Å². The van der Waals surface area contributed by atoms with Gasteiger partial charge in [-0.15, -0.1) is 0 Å². The molecule has 0 heterocycles. The van der Waals surface area contributed by atoms with Crippen LogP contribution < -0.4 is 16.0 Å². The normalized spacial score (nSPS) is 11.5. The van der Waals surface area contributed by atoms with Gasteiger partial charge in [-0.05, 0) is 52.3 Å². The monoisotopic (exact) mass is 263 g/mol. The van der Waals surface area contributed by atoms with E-state index in [9.17, 15) is 4.79 Å². The van der Waals surface area contributed by atoms with Crippen LogP contribution in [0.3, 0.4) is 0 Å². The van der Waals surface area contributed by atoms with Crippen LogP contribution in [0.5, 0.6) is 0 Å². The fourth-order valence-corrected chi connectivity index (χ4v) is 1.82. The first-order valence-corrected chi connectivity index (χ1v) is 6.65. The lowest BCUT2D eigenvalue weighted by atomic mass is 10.1. The van der Waals surface area contributed by atoms with Crippen molar-refractivity contribution in [2.45, 2.75) is 52.7 Å². The molecule has 106 valence electrons. The molecule has 0 aromatic heterocycles. The van der Waals surface area contributed by atoms with Gasteiger partial charge < -0.3 is 11.1 Å². The van der Waals surface area contributed by atoms with Crippen molar-refractivity contribution in [3.63, 3.8) is 0 Å². The van der Waals surface area contributed by atoms with Crippen molar-refractivity contribution in [2.75, 3.05) is 4.90 Å². The molecule has 0 unspecified atom stereocenters. The van der Waals surface area contributed by atoms with Crippen LogP contribution in [0.4, 0.5) is 10.5 Å². The van der Waals surface area contributed by atoms with Gasteiger partial charge in [0, 0.05) is 23.8 Å². The third kappa shape index (κ3) is 4.56. The summed E-state index contributed by atoms with van der Waals surface area (Å²) in [5.74, 6) is 0. The molecule has 19 heavy (non-hydrogen) atoms. The molecule has 1 aromatic carbocycles. The number of benzene rings is 1. The summed E-state index contributed by atoms with van der Waals surface area (Å²) in [6.45, 7) is 10.4. The maximum atomic E-state index is 12.3. The average molecular weight is 263 g/mol. The third-order valence-electron chi connectivity index (χ3n) is 2.67. The predicted octanol–water partition coefficient (Wildman–Crippen LogP) is 2.87. The maximum absolute atomic E-state index is 12.3. The molecule has 1 aromatic rings. The summed E-state index contributed by atoms with van der Waals surface area (Å²) in [5.41, 5.74) is 7.28. The number of amides is 2. The number of urea groups is 1.